The number of nitrogens with one attached hydrogen (secondary N) is 1. The largest absolute Gasteiger partial charge is 0.495 e. The van der Waals surface area contributed by atoms with Crippen LogP contribution in [0.3, 0.4) is 0 Å². The van der Waals surface area contributed by atoms with Crippen LogP contribution in [0.25, 0.3) is 0 Å². The first-order valence-corrected chi connectivity index (χ1v) is 6.56. The summed E-state index contributed by atoms with van der Waals surface area (Å²) in [5.74, 6) is 0.368. The summed E-state index contributed by atoms with van der Waals surface area (Å²) in [4.78, 5) is 11.6. The summed E-state index contributed by atoms with van der Waals surface area (Å²) >= 11 is 6.06. The zero-order valence-corrected chi connectivity index (χ0v) is 12.5. The fourth-order valence-electron chi connectivity index (χ4n) is 1.68. The van der Waals surface area contributed by atoms with Crippen molar-refractivity contribution in [2.24, 2.45) is 11.7 Å². The topological polar surface area (TPSA) is 64.3 Å². The molecule has 0 unspecified atom stereocenters. The molecule has 1 atom stereocenters. The van der Waals surface area contributed by atoms with Crippen molar-refractivity contribution in [3.63, 3.8) is 0 Å². The lowest BCUT2D eigenvalue weighted by Crippen LogP contribution is -2.56. The van der Waals surface area contributed by atoms with Gasteiger partial charge in [0.15, 0.2) is 0 Å². The number of benzene rings is 1. The molecule has 0 aromatic heterocycles. The second-order valence-electron chi connectivity index (χ2n) is 5.04. The highest BCUT2D eigenvalue weighted by Crippen LogP contribution is 2.25. The van der Waals surface area contributed by atoms with Crippen molar-refractivity contribution in [3.05, 3.63) is 28.8 Å². The lowest BCUT2D eigenvalue weighted by Gasteiger charge is -2.31. The van der Waals surface area contributed by atoms with Crippen LogP contribution >= 0.6 is 11.6 Å². The van der Waals surface area contributed by atoms with Crippen molar-refractivity contribution in [1.29, 1.82) is 0 Å². The first kappa shape index (κ1) is 15.8. The molecule has 1 rings (SSSR count). The Kier molecular flexibility index (Phi) is 5.20. The predicted octanol–water partition coefficient (Wildman–Crippen LogP) is 2.34. The third-order valence-corrected chi connectivity index (χ3v) is 3.84. The number of hydrogen-bond donors (Lipinski definition) is 2. The first-order valence-electron chi connectivity index (χ1n) is 6.18. The van der Waals surface area contributed by atoms with Crippen LogP contribution < -0.4 is 15.8 Å². The second kappa shape index (κ2) is 6.26. The molecule has 0 aliphatic heterocycles. The van der Waals surface area contributed by atoms with E-state index >= 15 is 0 Å². The Balaban J connectivity index is 2.81. The van der Waals surface area contributed by atoms with Gasteiger partial charge in [0.05, 0.1) is 17.7 Å². The van der Waals surface area contributed by atoms with Crippen LogP contribution in [0.2, 0.25) is 5.02 Å². The third-order valence-electron chi connectivity index (χ3n) is 3.54. The molecule has 3 N–H and O–H groups in total. The molecule has 0 bridgehead atoms. The van der Waals surface area contributed by atoms with Gasteiger partial charge in [-0.25, -0.2) is 0 Å². The summed E-state index contributed by atoms with van der Waals surface area (Å²) in [7, 11) is 1.57. The lowest BCUT2D eigenvalue weighted by atomic mass is 9.87. The van der Waals surface area contributed by atoms with E-state index in [1.165, 1.54) is 0 Å². The molecule has 1 aromatic rings. The van der Waals surface area contributed by atoms with Gasteiger partial charge in [-0.15, -0.1) is 0 Å². The van der Waals surface area contributed by atoms with Crippen LogP contribution in [0.15, 0.2) is 18.2 Å². The molecule has 0 spiro atoms. The van der Waals surface area contributed by atoms with Gasteiger partial charge in [-0.3, -0.25) is 10.1 Å². The van der Waals surface area contributed by atoms with Crippen LogP contribution in [0.4, 0.5) is 0 Å². The summed E-state index contributed by atoms with van der Waals surface area (Å²) in [6.45, 7) is 6.24. The zero-order valence-electron chi connectivity index (χ0n) is 11.8. The second-order valence-corrected chi connectivity index (χ2v) is 5.45. The van der Waals surface area contributed by atoms with Gasteiger partial charge in [0, 0.05) is 6.54 Å². The molecule has 4 nitrogen and oxygen atoms in total. The van der Waals surface area contributed by atoms with Crippen LogP contribution in [0.1, 0.15) is 26.3 Å². The van der Waals surface area contributed by atoms with Crippen molar-refractivity contribution in [2.75, 3.05) is 7.11 Å². The van der Waals surface area contributed by atoms with Gasteiger partial charge in [0.25, 0.3) is 0 Å². The summed E-state index contributed by atoms with van der Waals surface area (Å²) in [5.41, 5.74) is 5.69. The maximum atomic E-state index is 11.6. The molecule has 0 radical (unpaired) electrons. The smallest absolute Gasteiger partial charge is 0.237 e. The van der Waals surface area contributed by atoms with Crippen LogP contribution in [0, 0.1) is 5.92 Å². The maximum Gasteiger partial charge on any atom is 0.237 e. The van der Waals surface area contributed by atoms with Crippen molar-refractivity contribution < 1.29 is 9.53 Å². The van der Waals surface area contributed by atoms with E-state index in [9.17, 15) is 4.79 Å². The minimum atomic E-state index is -0.744. The molecular formula is C14H21ClN2O2. The van der Waals surface area contributed by atoms with Crippen molar-refractivity contribution >= 4 is 17.5 Å². The number of carbonyl (C=O) groups is 1. The van der Waals surface area contributed by atoms with E-state index < -0.39 is 5.54 Å². The minimum absolute atomic E-state index is 0.0960. The van der Waals surface area contributed by atoms with Crippen molar-refractivity contribution in [2.45, 2.75) is 32.9 Å². The molecule has 19 heavy (non-hydrogen) atoms. The number of nitrogens with two attached hydrogens (primary N) is 1. The first-order chi connectivity index (χ1) is 8.81. The van der Waals surface area contributed by atoms with Gasteiger partial charge in [-0.1, -0.05) is 31.5 Å². The Labute approximate surface area is 119 Å². The van der Waals surface area contributed by atoms with E-state index in [0.717, 1.165) is 5.56 Å². The number of hydrogen-bond acceptors (Lipinski definition) is 3. The Morgan fingerprint density at radius 1 is 1.53 bits per heavy atom. The molecule has 0 saturated heterocycles. The van der Waals surface area contributed by atoms with Gasteiger partial charge in [-0.2, -0.15) is 0 Å². The van der Waals surface area contributed by atoms with Gasteiger partial charge in [0.2, 0.25) is 5.91 Å². The summed E-state index contributed by atoms with van der Waals surface area (Å²) in [6.07, 6.45) is 0. The number of rotatable bonds is 6. The SMILES string of the molecule is COc1ccc(CN[C@](C)(C(N)=O)C(C)C)cc1Cl. The van der Waals surface area contributed by atoms with Gasteiger partial charge in [-0.05, 0) is 30.5 Å². The standard InChI is InChI=1S/C14H21ClN2O2/c1-9(2)14(3,13(16)18)17-8-10-5-6-12(19-4)11(15)7-10/h5-7,9,17H,8H2,1-4H3,(H2,16,18)/t14-/m0/s1. The minimum Gasteiger partial charge on any atom is -0.495 e. The Morgan fingerprint density at radius 2 is 2.16 bits per heavy atom. The fraction of sp³-hybridized carbons (Fsp3) is 0.500. The highest BCUT2D eigenvalue weighted by molar-refractivity contribution is 6.32. The van der Waals surface area contributed by atoms with E-state index in [1.54, 1.807) is 13.2 Å². The molecule has 1 aromatic carbocycles. The highest BCUT2D eigenvalue weighted by Gasteiger charge is 2.33. The average Bonchev–Trinajstić information content (AvgIpc) is 2.35. The maximum absolute atomic E-state index is 11.6. The number of primary amides is 1. The number of carbonyl (C=O) groups excluding carboxylic acids is 1. The summed E-state index contributed by atoms with van der Waals surface area (Å²) in [5, 5.41) is 3.75. The molecular weight excluding hydrogens is 264 g/mol. The molecule has 0 saturated carbocycles. The van der Waals surface area contributed by atoms with Gasteiger partial charge >= 0.3 is 0 Å². The Morgan fingerprint density at radius 3 is 2.58 bits per heavy atom. The van der Waals surface area contributed by atoms with Gasteiger partial charge < -0.3 is 10.5 Å². The molecule has 1 amide bonds. The number of halogens is 1. The van der Waals surface area contributed by atoms with Crippen molar-refractivity contribution in [3.8, 4) is 5.75 Å². The quantitative estimate of drug-likeness (QED) is 0.843. The van der Waals surface area contributed by atoms with Crippen LogP contribution in [0.5, 0.6) is 5.75 Å². The Bertz CT molecular complexity index is 463. The number of amides is 1. The van der Waals surface area contributed by atoms with Crippen molar-refractivity contribution in [1.82, 2.24) is 5.32 Å². The third kappa shape index (κ3) is 3.61. The normalized spacial score (nSPS) is 14.2. The molecule has 0 heterocycles. The van der Waals surface area contributed by atoms with E-state index in [-0.39, 0.29) is 11.8 Å². The van der Waals surface area contributed by atoms with Gasteiger partial charge in [0.1, 0.15) is 5.75 Å². The van der Waals surface area contributed by atoms with E-state index in [4.69, 9.17) is 22.1 Å². The summed E-state index contributed by atoms with van der Waals surface area (Å²) in [6, 6.07) is 5.52. The molecule has 106 valence electrons. The molecule has 0 aliphatic carbocycles. The highest BCUT2D eigenvalue weighted by atomic mass is 35.5. The van der Waals surface area contributed by atoms with E-state index in [1.807, 2.05) is 32.9 Å². The molecule has 5 heteroatoms. The predicted molar refractivity (Wildman–Crippen MR) is 77.3 cm³/mol. The zero-order chi connectivity index (χ0) is 14.6. The Hall–Kier alpha value is -1.26. The van der Waals surface area contributed by atoms with E-state index in [0.29, 0.717) is 17.3 Å². The summed E-state index contributed by atoms with van der Waals surface area (Å²) < 4.78 is 5.10. The monoisotopic (exact) mass is 284 g/mol. The van der Waals surface area contributed by atoms with Crippen LogP contribution in [-0.2, 0) is 11.3 Å². The lowest BCUT2D eigenvalue weighted by molar-refractivity contribution is -0.125. The fourth-order valence-corrected chi connectivity index (χ4v) is 1.96. The average molecular weight is 285 g/mol. The number of ether oxygens (including phenoxy) is 1. The molecule has 0 aliphatic rings. The number of methoxy groups -OCH3 is 1. The van der Waals surface area contributed by atoms with Crippen LogP contribution in [-0.4, -0.2) is 18.6 Å². The molecule has 0 fully saturated rings. The van der Waals surface area contributed by atoms with E-state index in [2.05, 4.69) is 5.32 Å².